The molecule has 0 atom stereocenters. The van der Waals surface area contributed by atoms with E-state index in [1.54, 1.807) is 31.4 Å². The Labute approximate surface area is 206 Å². The number of para-hydroxylation sites is 1. The molecule has 0 bridgehead atoms. The summed E-state index contributed by atoms with van der Waals surface area (Å²) in [5, 5.41) is 7.50. The molecule has 1 N–H and O–H groups in total. The second-order valence-corrected chi connectivity index (χ2v) is 8.22. The third kappa shape index (κ3) is 4.83. The maximum Gasteiger partial charge on any atom is 0.307 e. The zero-order valence-electron chi connectivity index (χ0n) is 18.8. The van der Waals surface area contributed by atoms with Gasteiger partial charge in [0.15, 0.2) is 17.3 Å². The number of nitrogens with one attached hydrogen (secondary N) is 1. The Hall–Kier alpha value is -4.29. The van der Waals surface area contributed by atoms with Crippen LogP contribution in [0.2, 0.25) is 5.02 Å². The molecule has 0 spiro atoms. The Kier molecular flexibility index (Phi) is 6.37. The zero-order valence-corrected chi connectivity index (χ0v) is 19.6. The predicted molar refractivity (Wildman–Crippen MR) is 138 cm³/mol. The lowest BCUT2D eigenvalue weighted by Crippen LogP contribution is -2.16. The molecule has 1 heterocycles. The number of fused-ring (bicyclic) bond motifs is 2. The van der Waals surface area contributed by atoms with E-state index >= 15 is 0 Å². The van der Waals surface area contributed by atoms with Gasteiger partial charge in [-0.1, -0.05) is 72.3 Å². The first-order valence-corrected chi connectivity index (χ1v) is 11.3. The molecule has 0 aliphatic carbocycles. The molecule has 7 heteroatoms. The molecule has 0 fully saturated rings. The van der Waals surface area contributed by atoms with E-state index in [1.165, 1.54) is 6.21 Å². The summed E-state index contributed by atoms with van der Waals surface area (Å²) in [7, 11) is 1.54. The fourth-order valence-electron chi connectivity index (χ4n) is 3.84. The number of amides is 1. The second-order valence-electron chi connectivity index (χ2n) is 7.81. The number of nitrogens with zero attached hydrogens (tertiary/aromatic N) is 1. The standard InChI is InChI=1S/C28H21ClN2O4/c1-33-25-14-18(16-30-31-28(32)26-15-20-8-3-5-12-24(20)35-26)13-23(29)27(25)34-17-21-10-6-9-19-7-2-4-11-22(19)21/h2-16H,17H2,1H3,(H,31,32)/b30-16-. The lowest BCUT2D eigenvalue weighted by atomic mass is 10.1. The zero-order chi connectivity index (χ0) is 24.2. The first kappa shape index (κ1) is 22.5. The van der Waals surface area contributed by atoms with Crippen molar-refractivity contribution in [3.63, 3.8) is 0 Å². The number of halogens is 1. The molecule has 0 saturated carbocycles. The number of hydrogen-bond donors (Lipinski definition) is 1. The number of carbonyl (C=O) groups excluding carboxylic acids is 1. The van der Waals surface area contributed by atoms with Crippen LogP contribution in [0, 0.1) is 0 Å². The Morgan fingerprint density at radius 3 is 2.60 bits per heavy atom. The third-order valence-corrected chi connectivity index (χ3v) is 5.81. The van der Waals surface area contributed by atoms with E-state index in [4.69, 9.17) is 25.5 Å². The van der Waals surface area contributed by atoms with Gasteiger partial charge in [-0.3, -0.25) is 4.79 Å². The van der Waals surface area contributed by atoms with Gasteiger partial charge in [-0.15, -0.1) is 0 Å². The average molecular weight is 485 g/mol. The summed E-state index contributed by atoms with van der Waals surface area (Å²) in [5.41, 5.74) is 4.78. The van der Waals surface area contributed by atoms with Crippen LogP contribution >= 0.6 is 11.6 Å². The molecule has 4 aromatic carbocycles. The van der Waals surface area contributed by atoms with Gasteiger partial charge >= 0.3 is 5.91 Å². The van der Waals surface area contributed by atoms with Gasteiger partial charge in [0, 0.05) is 5.39 Å². The summed E-state index contributed by atoms with van der Waals surface area (Å²) in [6.07, 6.45) is 1.48. The van der Waals surface area contributed by atoms with Gasteiger partial charge in [0.1, 0.15) is 12.2 Å². The van der Waals surface area contributed by atoms with E-state index in [9.17, 15) is 4.79 Å². The highest BCUT2D eigenvalue weighted by Gasteiger charge is 2.14. The number of hydrazone groups is 1. The van der Waals surface area contributed by atoms with E-state index in [1.807, 2.05) is 42.5 Å². The van der Waals surface area contributed by atoms with Crippen molar-refractivity contribution in [1.29, 1.82) is 0 Å². The molecule has 1 amide bonds. The number of carbonyl (C=O) groups is 1. The van der Waals surface area contributed by atoms with Gasteiger partial charge in [-0.25, -0.2) is 5.43 Å². The average Bonchev–Trinajstić information content (AvgIpc) is 3.32. The van der Waals surface area contributed by atoms with Crippen molar-refractivity contribution in [3.8, 4) is 11.5 Å². The molecule has 5 aromatic rings. The van der Waals surface area contributed by atoms with E-state index in [-0.39, 0.29) is 5.76 Å². The minimum Gasteiger partial charge on any atom is -0.493 e. The van der Waals surface area contributed by atoms with Gasteiger partial charge in [0.05, 0.1) is 18.3 Å². The predicted octanol–water partition coefficient (Wildman–Crippen LogP) is 6.59. The Balaban J connectivity index is 1.29. The molecule has 35 heavy (non-hydrogen) atoms. The largest absolute Gasteiger partial charge is 0.493 e. The van der Waals surface area contributed by atoms with Gasteiger partial charge < -0.3 is 13.9 Å². The summed E-state index contributed by atoms with van der Waals surface area (Å²) in [5.74, 6) is 0.620. The maximum absolute atomic E-state index is 12.4. The van der Waals surface area contributed by atoms with Gasteiger partial charge in [-0.2, -0.15) is 5.10 Å². The quantitative estimate of drug-likeness (QED) is 0.209. The third-order valence-electron chi connectivity index (χ3n) is 5.53. The van der Waals surface area contributed by atoms with Crippen molar-refractivity contribution >= 4 is 45.5 Å². The fourth-order valence-corrected chi connectivity index (χ4v) is 4.11. The Bertz CT molecular complexity index is 1520. The smallest absolute Gasteiger partial charge is 0.307 e. The van der Waals surface area contributed by atoms with Crippen LogP contribution in [0.4, 0.5) is 0 Å². The van der Waals surface area contributed by atoms with Crippen molar-refractivity contribution in [2.45, 2.75) is 6.61 Å². The number of benzene rings is 4. The Morgan fingerprint density at radius 1 is 1.00 bits per heavy atom. The molecule has 6 nitrogen and oxygen atoms in total. The molecule has 174 valence electrons. The summed E-state index contributed by atoms with van der Waals surface area (Å²) in [6, 6.07) is 26.7. The van der Waals surface area contributed by atoms with Crippen LogP contribution in [0.5, 0.6) is 11.5 Å². The molecule has 0 radical (unpaired) electrons. The van der Waals surface area contributed by atoms with Gasteiger partial charge in [-0.05, 0) is 46.2 Å². The first-order valence-electron chi connectivity index (χ1n) is 10.9. The van der Waals surface area contributed by atoms with Crippen molar-refractivity contribution in [2.24, 2.45) is 5.10 Å². The first-order chi connectivity index (χ1) is 17.1. The summed E-state index contributed by atoms with van der Waals surface area (Å²) >= 11 is 6.51. The minimum absolute atomic E-state index is 0.177. The van der Waals surface area contributed by atoms with Crippen LogP contribution in [0.1, 0.15) is 21.7 Å². The van der Waals surface area contributed by atoms with Crippen LogP contribution in [-0.2, 0) is 6.61 Å². The van der Waals surface area contributed by atoms with E-state index in [2.05, 4.69) is 28.7 Å². The molecular formula is C28H21ClN2O4. The van der Waals surface area contributed by atoms with E-state index in [0.29, 0.717) is 34.3 Å². The molecular weight excluding hydrogens is 464 g/mol. The highest BCUT2D eigenvalue weighted by molar-refractivity contribution is 6.32. The van der Waals surface area contributed by atoms with Crippen LogP contribution < -0.4 is 14.9 Å². The fraction of sp³-hybridized carbons (Fsp3) is 0.0714. The van der Waals surface area contributed by atoms with Crippen LogP contribution in [0.15, 0.2) is 94.4 Å². The molecule has 0 unspecified atom stereocenters. The molecule has 0 aliphatic rings. The molecule has 1 aromatic heterocycles. The highest BCUT2D eigenvalue weighted by atomic mass is 35.5. The summed E-state index contributed by atoms with van der Waals surface area (Å²) in [4.78, 5) is 12.4. The Morgan fingerprint density at radius 2 is 1.77 bits per heavy atom. The number of ether oxygens (including phenoxy) is 2. The SMILES string of the molecule is COc1cc(/C=N\NC(=O)c2cc3ccccc3o2)cc(Cl)c1OCc1cccc2ccccc12. The summed E-state index contributed by atoms with van der Waals surface area (Å²) < 4.78 is 17.1. The number of rotatable bonds is 7. The number of hydrogen-bond acceptors (Lipinski definition) is 5. The van der Waals surface area contributed by atoms with Crippen LogP contribution in [0.3, 0.4) is 0 Å². The van der Waals surface area contributed by atoms with Crippen molar-refractivity contribution in [1.82, 2.24) is 5.43 Å². The van der Waals surface area contributed by atoms with Crippen LogP contribution in [0.25, 0.3) is 21.7 Å². The topological polar surface area (TPSA) is 73.1 Å². The lowest BCUT2D eigenvalue weighted by molar-refractivity contribution is 0.0929. The summed E-state index contributed by atoms with van der Waals surface area (Å²) in [6.45, 7) is 0.332. The van der Waals surface area contributed by atoms with Crippen molar-refractivity contribution in [2.75, 3.05) is 7.11 Å². The monoisotopic (exact) mass is 484 g/mol. The van der Waals surface area contributed by atoms with Gasteiger partial charge in [0.2, 0.25) is 0 Å². The molecule has 5 rings (SSSR count). The molecule has 0 saturated heterocycles. The van der Waals surface area contributed by atoms with Crippen LogP contribution in [-0.4, -0.2) is 19.2 Å². The minimum atomic E-state index is -0.453. The number of methoxy groups -OCH3 is 1. The number of furan rings is 1. The normalized spacial score (nSPS) is 11.3. The lowest BCUT2D eigenvalue weighted by Gasteiger charge is -2.14. The van der Waals surface area contributed by atoms with E-state index < -0.39 is 5.91 Å². The van der Waals surface area contributed by atoms with Crippen molar-refractivity contribution < 1.29 is 18.7 Å². The van der Waals surface area contributed by atoms with E-state index in [0.717, 1.165) is 21.7 Å². The maximum atomic E-state index is 12.4. The van der Waals surface area contributed by atoms with Crippen molar-refractivity contribution in [3.05, 3.63) is 107 Å². The highest BCUT2D eigenvalue weighted by Crippen LogP contribution is 2.37. The van der Waals surface area contributed by atoms with Gasteiger partial charge in [0.25, 0.3) is 0 Å². The molecule has 0 aliphatic heterocycles. The second kappa shape index (κ2) is 9.91.